The van der Waals surface area contributed by atoms with E-state index < -0.39 is 0 Å². The molecule has 1 aliphatic carbocycles. The summed E-state index contributed by atoms with van der Waals surface area (Å²) >= 11 is 0. The van der Waals surface area contributed by atoms with Gasteiger partial charge in [-0.25, -0.2) is 0 Å². The van der Waals surface area contributed by atoms with E-state index >= 15 is 0 Å². The summed E-state index contributed by atoms with van der Waals surface area (Å²) in [5.74, 6) is 0.603. The maximum absolute atomic E-state index is 11.8. The number of nitrogens with zero attached hydrogens (tertiary/aromatic N) is 1. The Bertz CT molecular complexity index is 426. The summed E-state index contributed by atoms with van der Waals surface area (Å²) < 4.78 is 0. The highest BCUT2D eigenvalue weighted by atomic mass is 16.1. The van der Waals surface area contributed by atoms with E-state index in [0.29, 0.717) is 17.0 Å². The SMILES string of the molecule is C[C@@H](NC(=O)c1ccc(C#N)cc1)C1CC1. The minimum atomic E-state index is -0.0520. The highest BCUT2D eigenvalue weighted by Crippen LogP contribution is 2.32. The molecule has 1 atom stereocenters. The Morgan fingerprint density at radius 3 is 2.56 bits per heavy atom. The van der Waals surface area contributed by atoms with Crippen molar-refractivity contribution in [3.05, 3.63) is 35.4 Å². The predicted molar refractivity (Wildman–Crippen MR) is 60.8 cm³/mol. The number of carbonyl (C=O) groups excluding carboxylic acids is 1. The fourth-order valence-electron chi connectivity index (χ4n) is 1.70. The quantitative estimate of drug-likeness (QED) is 0.837. The molecule has 82 valence electrons. The first-order valence-corrected chi connectivity index (χ1v) is 5.51. The van der Waals surface area contributed by atoms with Crippen molar-refractivity contribution in [2.75, 3.05) is 0 Å². The van der Waals surface area contributed by atoms with Crippen molar-refractivity contribution >= 4 is 5.91 Å². The van der Waals surface area contributed by atoms with E-state index in [9.17, 15) is 4.79 Å². The minimum absolute atomic E-state index is 0.0520. The van der Waals surface area contributed by atoms with Gasteiger partial charge in [0.2, 0.25) is 0 Å². The van der Waals surface area contributed by atoms with Gasteiger partial charge in [0.15, 0.2) is 0 Å². The topological polar surface area (TPSA) is 52.9 Å². The van der Waals surface area contributed by atoms with E-state index in [1.807, 2.05) is 13.0 Å². The Kier molecular flexibility index (Phi) is 2.91. The minimum Gasteiger partial charge on any atom is -0.349 e. The number of hydrogen-bond acceptors (Lipinski definition) is 2. The van der Waals surface area contributed by atoms with Gasteiger partial charge in [0.05, 0.1) is 11.6 Å². The Morgan fingerprint density at radius 2 is 2.06 bits per heavy atom. The molecule has 0 unspecified atom stereocenters. The van der Waals surface area contributed by atoms with Gasteiger partial charge in [-0.05, 0) is 49.9 Å². The van der Waals surface area contributed by atoms with Gasteiger partial charge < -0.3 is 5.32 Å². The lowest BCUT2D eigenvalue weighted by atomic mass is 10.1. The van der Waals surface area contributed by atoms with Crippen molar-refractivity contribution in [1.82, 2.24) is 5.32 Å². The molecule has 1 amide bonds. The molecule has 1 saturated carbocycles. The number of amides is 1. The van der Waals surface area contributed by atoms with Crippen molar-refractivity contribution in [2.45, 2.75) is 25.8 Å². The Morgan fingerprint density at radius 1 is 1.44 bits per heavy atom. The van der Waals surface area contributed by atoms with Gasteiger partial charge >= 0.3 is 0 Å². The third-order valence-electron chi connectivity index (χ3n) is 2.96. The molecule has 0 bridgehead atoms. The van der Waals surface area contributed by atoms with Gasteiger partial charge in [0.1, 0.15) is 0 Å². The molecule has 0 radical (unpaired) electrons. The first kappa shape index (κ1) is 10.7. The Hall–Kier alpha value is -1.82. The number of hydrogen-bond donors (Lipinski definition) is 1. The molecule has 3 nitrogen and oxygen atoms in total. The molecular formula is C13H14N2O. The molecule has 1 fully saturated rings. The van der Waals surface area contributed by atoms with Crippen LogP contribution in [-0.4, -0.2) is 11.9 Å². The van der Waals surface area contributed by atoms with Crippen molar-refractivity contribution < 1.29 is 4.79 Å². The first-order valence-electron chi connectivity index (χ1n) is 5.51. The number of benzene rings is 1. The standard InChI is InChI=1S/C13H14N2O/c1-9(11-6-7-11)15-13(16)12-4-2-10(8-14)3-5-12/h2-5,9,11H,6-7H2,1H3,(H,15,16)/t9-/m1/s1. The van der Waals surface area contributed by atoms with Crippen molar-refractivity contribution in [1.29, 1.82) is 5.26 Å². The highest BCUT2D eigenvalue weighted by Gasteiger charge is 2.28. The van der Waals surface area contributed by atoms with Gasteiger partial charge in [-0.3, -0.25) is 4.79 Å². The van der Waals surface area contributed by atoms with Gasteiger partial charge in [-0.1, -0.05) is 0 Å². The third kappa shape index (κ3) is 2.40. The van der Waals surface area contributed by atoms with Crippen molar-refractivity contribution in [2.24, 2.45) is 5.92 Å². The molecule has 1 aromatic rings. The molecule has 1 N–H and O–H groups in total. The van der Waals surface area contributed by atoms with Gasteiger partial charge in [-0.2, -0.15) is 5.26 Å². The molecule has 3 heteroatoms. The van der Waals surface area contributed by atoms with Crippen LogP contribution in [0.4, 0.5) is 0 Å². The van der Waals surface area contributed by atoms with E-state index in [0.717, 1.165) is 0 Å². The third-order valence-corrected chi connectivity index (χ3v) is 2.96. The van der Waals surface area contributed by atoms with Gasteiger partial charge in [0, 0.05) is 11.6 Å². The number of nitrogens with one attached hydrogen (secondary N) is 1. The van der Waals surface area contributed by atoms with Crippen molar-refractivity contribution in [3.8, 4) is 6.07 Å². The lowest BCUT2D eigenvalue weighted by Gasteiger charge is -2.12. The number of rotatable bonds is 3. The van der Waals surface area contributed by atoms with Gasteiger partial charge in [0.25, 0.3) is 5.91 Å². The van der Waals surface area contributed by atoms with Crippen LogP contribution in [0.25, 0.3) is 0 Å². The average molecular weight is 214 g/mol. The predicted octanol–water partition coefficient (Wildman–Crippen LogP) is 2.09. The monoisotopic (exact) mass is 214 g/mol. The lowest BCUT2D eigenvalue weighted by Crippen LogP contribution is -2.33. The molecule has 0 saturated heterocycles. The van der Waals surface area contributed by atoms with Crippen LogP contribution in [0, 0.1) is 17.2 Å². The fourth-order valence-corrected chi connectivity index (χ4v) is 1.70. The summed E-state index contributed by atoms with van der Waals surface area (Å²) in [7, 11) is 0. The maximum Gasteiger partial charge on any atom is 0.251 e. The zero-order valence-corrected chi connectivity index (χ0v) is 9.23. The summed E-state index contributed by atoms with van der Waals surface area (Å²) in [4.78, 5) is 11.8. The van der Waals surface area contributed by atoms with Crippen LogP contribution < -0.4 is 5.32 Å². The molecule has 16 heavy (non-hydrogen) atoms. The second-order valence-corrected chi connectivity index (χ2v) is 4.29. The average Bonchev–Trinajstić information content (AvgIpc) is 3.13. The molecule has 0 aliphatic heterocycles. The van der Waals surface area contributed by atoms with Crippen LogP contribution in [0.1, 0.15) is 35.7 Å². The van der Waals surface area contributed by atoms with E-state index in [1.165, 1.54) is 12.8 Å². The smallest absolute Gasteiger partial charge is 0.251 e. The van der Waals surface area contributed by atoms with E-state index in [1.54, 1.807) is 24.3 Å². The van der Waals surface area contributed by atoms with Crippen LogP contribution in [-0.2, 0) is 0 Å². The van der Waals surface area contributed by atoms with Crippen LogP contribution in [0.2, 0.25) is 0 Å². The van der Waals surface area contributed by atoms with Crippen molar-refractivity contribution in [3.63, 3.8) is 0 Å². The second-order valence-electron chi connectivity index (χ2n) is 4.29. The highest BCUT2D eigenvalue weighted by molar-refractivity contribution is 5.94. The summed E-state index contributed by atoms with van der Waals surface area (Å²) in [6, 6.07) is 8.99. The van der Waals surface area contributed by atoms with E-state index in [4.69, 9.17) is 5.26 Å². The summed E-state index contributed by atoms with van der Waals surface area (Å²) in [5.41, 5.74) is 1.19. The van der Waals surface area contributed by atoms with Crippen LogP contribution in [0.3, 0.4) is 0 Å². The molecule has 0 heterocycles. The summed E-state index contributed by atoms with van der Waals surface area (Å²) in [6.45, 7) is 2.04. The second kappa shape index (κ2) is 4.36. The number of nitriles is 1. The lowest BCUT2D eigenvalue weighted by molar-refractivity contribution is 0.0936. The number of carbonyl (C=O) groups is 1. The first-order chi connectivity index (χ1) is 7.70. The zero-order chi connectivity index (χ0) is 11.5. The van der Waals surface area contributed by atoms with Crippen LogP contribution in [0.5, 0.6) is 0 Å². The van der Waals surface area contributed by atoms with Crippen LogP contribution in [0.15, 0.2) is 24.3 Å². The summed E-state index contributed by atoms with van der Waals surface area (Å²) in [5, 5.41) is 11.6. The van der Waals surface area contributed by atoms with Gasteiger partial charge in [-0.15, -0.1) is 0 Å². The maximum atomic E-state index is 11.8. The molecule has 1 aliphatic rings. The molecule has 2 rings (SSSR count). The Balaban J connectivity index is 2.00. The zero-order valence-electron chi connectivity index (χ0n) is 9.23. The molecule has 0 aromatic heterocycles. The fraction of sp³-hybridized carbons (Fsp3) is 0.385. The molecular weight excluding hydrogens is 200 g/mol. The normalized spacial score (nSPS) is 16.2. The Labute approximate surface area is 95.1 Å². The largest absolute Gasteiger partial charge is 0.349 e. The van der Waals surface area contributed by atoms with E-state index in [2.05, 4.69) is 5.32 Å². The van der Waals surface area contributed by atoms with Crippen LogP contribution >= 0.6 is 0 Å². The molecule has 0 spiro atoms. The summed E-state index contributed by atoms with van der Waals surface area (Å²) in [6.07, 6.45) is 2.43. The molecule has 1 aromatic carbocycles. The van der Waals surface area contributed by atoms with E-state index in [-0.39, 0.29) is 11.9 Å².